The van der Waals surface area contributed by atoms with Crippen LogP contribution in [0.5, 0.6) is 0 Å². The van der Waals surface area contributed by atoms with Gasteiger partial charge in [0.05, 0.1) is 5.57 Å². The second-order valence-corrected chi connectivity index (χ2v) is 9.76. The summed E-state index contributed by atoms with van der Waals surface area (Å²) in [6.45, 7) is 8.09. The number of unbranched alkanes of at least 4 members (excludes halogenated alkanes) is 1. The zero-order chi connectivity index (χ0) is 23.5. The van der Waals surface area contributed by atoms with Gasteiger partial charge in [-0.15, -0.1) is 5.10 Å². The van der Waals surface area contributed by atoms with Crippen LogP contribution in [0.1, 0.15) is 49.4 Å². The molecule has 0 saturated carbocycles. The van der Waals surface area contributed by atoms with Crippen molar-refractivity contribution in [1.29, 1.82) is 0 Å². The second-order valence-electron chi connectivity index (χ2n) is 8.26. The van der Waals surface area contributed by atoms with Crippen LogP contribution in [0.4, 0.5) is 11.6 Å². The van der Waals surface area contributed by atoms with Gasteiger partial charge in [0, 0.05) is 22.2 Å². The molecule has 1 unspecified atom stereocenters. The van der Waals surface area contributed by atoms with E-state index in [2.05, 4.69) is 28.6 Å². The third-order valence-corrected chi connectivity index (χ3v) is 6.76. The third kappa shape index (κ3) is 5.09. The molecule has 172 valence electrons. The fourth-order valence-corrected chi connectivity index (χ4v) is 5.03. The van der Waals surface area contributed by atoms with Crippen molar-refractivity contribution >= 4 is 40.9 Å². The Kier molecular flexibility index (Phi) is 7.10. The molecule has 2 aromatic carbocycles. The van der Waals surface area contributed by atoms with E-state index in [-0.39, 0.29) is 5.91 Å². The van der Waals surface area contributed by atoms with Crippen molar-refractivity contribution in [3.8, 4) is 0 Å². The molecule has 0 bridgehead atoms. The lowest BCUT2D eigenvalue weighted by Gasteiger charge is -2.29. The highest BCUT2D eigenvalue weighted by Gasteiger charge is 2.34. The number of anilines is 2. The lowest BCUT2D eigenvalue weighted by molar-refractivity contribution is -0.113. The van der Waals surface area contributed by atoms with E-state index in [9.17, 15) is 4.79 Å². The molecule has 1 aromatic heterocycles. The number of halogens is 1. The number of benzene rings is 2. The number of nitrogens with one attached hydrogen (secondary N) is 2. The van der Waals surface area contributed by atoms with Crippen molar-refractivity contribution in [3.05, 3.63) is 75.4 Å². The van der Waals surface area contributed by atoms with E-state index >= 15 is 0 Å². The van der Waals surface area contributed by atoms with Gasteiger partial charge < -0.3 is 10.6 Å². The predicted molar refractivity (Wildman–Crippen MR) is 136 cm³/mol. The Labute approximate surface area is 203 Å². The minimum absolute atomic E-state index is 0.182. The minimum atomic E-state index is -0.446. The predicted octanol–water partition coefficient (Wildman–Crippen LogP) is 6.37. The Hall–Kier alpha value is -2.77. The molecule has 3 aromatic rings. The summed E-state index contributed by atoms with van der Waals surface area (Å²) in [5.74, 6) is 1.40. The number of aryl methyl sites for hydroxylation is 2. The van der Waals surface area contributed by atoms with Gasteiger partial charge in [-0.05, 0) is 56.5 Å². The molecular formula is C25H28ClN5OS. The number of amides is 1. The third-order valence-electron chi connectivity index (χ3n) is 5.60. The number of thioether (sulfide) groups is 1. The Morgan fingerprint density at radius 3 is 2.76 bits per heavy atom. The Bertz CT molecular complexity index is 1220. The SMILES string of the molecule is CCCCSc1nc2n(n1)C(c1cccc(Cl)c1)C(C(=O)Nc1ccc(C)cc1C)=C(C)N2. The molecule has 0 fully saturated rings. The zero-order valence-corrected chi connectivity index (χ0v) is 20.8. The molecule has 1 aliphatic rings. The molecule has 0 aliphatic carbocycles. The quantitative estimate of drug-likeness (QED) is 0.303. The van der Waals surface area contributed by atoms with Gasteiger partial charge in [0.1, 0.15) is 6.04 Å². The maximum atomic E-state index is 13.6. The summed E-state index contributed by atoms with van der Waals surface area (Å²) in [6, 6.07) is 13.1. The molecule has 2 N–H and O–H groups in total. The van der Waals surface area contributed by atoms with Crippen LogP contribution in [0.25, 0.3) is 0 Å². The molecule has 2 heterocycles. The Morgan fingerprint density at radius 2 is 2.03 bits per heavy atom. The van der Waals surface area contributed by atoms with E-state index in [0.29, 0.717) is 21.7 Å². The molecule has 0 radical (unpaired) electrons. The van der Waals surface area contributed by atoms with Crippen molar-refractivity contribution < 1.29 is 4.79 Å². The van der Waals surface area contributed by atoms with Crippen LogP contribution >= 0.6 is 23.4 Å². The van der Waals surface area contributed by atoms with Gasteiger partial charge in [0.15, 0.2) is 0 Å². The fourth-order valence-electron chi connectivity index (χ4n) is 3.92. The Morgan fingerprint density at radius 1 is 1.21 bits per heavy atom. The van der Waals surface area contributed by atoms with Gasteiger partial charge in [0.25, 0.3) is 5.91 Å². The first-order valence-electron chi connectivity index (χ1n) is 11.1. The van der Waals surface area contributed by atoms with Crippen LogP contribution in [0.3, 0.4) is 0 Å². The number of fused-ring (bicyclic) bond motifs is 1. The number of aromatic nitrogens is 3. The second kappa shape index (κ2) is 10.0. The summed E-state index contributed by atoms with van der Waals surface area (Å²) in [5.41, 5.74) is 5.16. The summed E-state index contributed by atoms with van der Waals surface area (Å²) in [5, 5.41) is 12.4. The van der Waals surface area contributed by atoms with Crippen molar-refractivity contribution in [1.82, 2.24) is 14.8 Å². The van der Waals surface area contributed by atoms with Crippen molar-refractivity contribution in [3.63, 3.8) is 0 Å². The molecule has 8 heteroatoms. The van der Waals surface area contributed by atoms with E-state index in [1.807, 2.05) is 57.2 Å². The number of rotatable bonds is 7. The van der Waals surface area contributed by atoms with Gasteiger partial charge in [-0.3, -0.25) is 4.79 Å². The number of carbonyl (C=O) groups is 1. The smallest absolute Gasteiger partial charge is 0.255 e. The summed E-state index contributed by atoms with van der Waals surface area (Å²) >= 11 is 7.96. The van der Waals surface area contributed by atoms with Crippen LogP contribution in [0.2, 0.25) is 5.02 Å². The first-order valence-corrected chi connectivity index (χ1v) is 12.4. The Balaban J connectivity index is 1.73. The standard InChI is InChI=1S/C25H28ClN5OS/c1-5-6-12-33-25-29-24-27-17(4)21(23(32)28-20-11-10-15(2)13-16(20)3)22(31(24)30-25)18-8-7-9-19(26)14-18/h7-11,13-14,22H,5-6,12H2,1-4H3,(H,28,32)(H,27,29,30). The number of allylic oxidation sites excluding steroid dienone is 1. The summed E-state index contributed by atoms with van der Waals surface area (Å²) in [7, 11) is 0. The van der Waals surface area contributed by atoms with Gasteiger partial charge in [-0.2, -0.15) is 4.98 Å². The highest BCUT2D eigenvalue weighted by atomic mass is 35.5. The van der Waals surface area contributed by atoms with Crippen LogP contribution in [0, 0.1) is 13.8 Å². The summed E-state index contributed by atoms with van der Waals surface area (Å²) in [4.78, 5) is 18.3. The number of hydrogen-bond acceptors (Lipinski definition) is 5. The molecule has 0 saturated heterocycles. The number of hydrogen-bond donors (Lipinski definition) is 2. The van der Waals surface area contributed by atoms with E-state index in [1.54, 1.807) is 16.4 Å². The first-order chi connectivity index (χ1) is 15.9. The minimum Gasteiger partial charge on any atom is -0.328 e. The molecule has 0 spiro atoms. The van der Waals surface area contributed by atoms with Crippen molar-refractivity contribution in [2.75, 3.05) is 16.4 Å². The molecule has 1 aliphatic heterocycles. The highest BCUT2D eigenvalue weighted by molar-refractivity contribution is 7.99. The van der Waals surface area contributed by atoms with Gasteiger partial charge in [-0.1, -0.05) is 66.5 Å². The topological polar surface area (TPSA) is 71.8 Å². The molecular weight excluding hydrogens is 454 g/mol. The van der Waals surface area contributed by atoms with E-state index in [4.69, 9.17) is 16.7 Å². The zero-order valence-electron chi connectivity index (χ0n) is 19.3. The van der Waals surface area contributed by atoms with Gasteiger partial charge in [0.2, 0.25) is 11.1 Å². The summed E-state index contributed by atoms with van der Waals surface area (Å²) < 4.78 is 1.80. The van der Waals surface area contributed by atoms with E-state index < -0.39 is 6.04 Å². The fraction of sp³-hybridized carbons (Fsp3) is 0.320. The maximum Gasteiger partial charge on any atom is 0.255 e. The van der Waals surface area contributed by atoms with Crippen LogP contribution < -0.4 is 10.6 Å². The molecule has 4 rings (SSSR count). The van der Waals surface area contributed by atoms with Gasteiger partial charge in [-0.25, -0.2) is 4.68 Å². The molecule has 33 heavy (non-hydrogen) atoms. The number of nitrogens with zero attached hydrogens (tertiary/aromatic N) is 3. The lowest BCUT2D eigenvalue weighted by atomic mass is 9.95. The average molecular weight is 482 g/mol. The monoisotopic (exact) mass is 481 g/mol. The lowest BCUT2D eigenvalue weighted by Crippen LogP contribution is -2.31. The number of carbonyl (C=O) groups excluding carboxylic acids is 1. The first kappa shape index (κ1) is 23.4. The van der Waals surface area contributed by atoms with Gasteiger partial charge >= 0.3 is 0 Å². The van der Waals surface area contributed by atoms with Crippen LogP contribution in [-0.2, 0) is 4.79 Å². The summed E-state index contributed by atoms with van der Waals surface area (Å²) in [6.07, 6.45) is 2.22. The highest BCUT2D eigenvalue weighted by Crippen LogP contribution is 2.37. The molecule has 6 nitrogen and oxygen atoms in total. The normalized spacial score (nSPS) is 15.2. The van der Waals surface area contributed by atoms with E-state index in [1.165, 1.54) is 0 Å². The maximum absolute atomic E-state index is 13.6. The van der Waals surface area contributed by atoms with E-state index in [0.717, 1.165) is 46.7 Å². The van der Waals surface area contributed by atoms with Crippen molar-refractivity contribution in [2.24, 2.45) is 0 Å². The molecule has 1 atom stereocenters. The molecule has 1 amide bonds. The average Bonchev–Trinajstić information content (AvgIpc) is 3.17. The van der Waals surface area contributed by atoms with Crippen LogP contribution in [-0.4, -0.2) is 26.4 Å². The van der Waals surface area contributed by atoms with Crippen LogP contribution in [0.15, 0.2) is 58.9 Å². The largest absolute Gasteiger partial charge is 0.328 e. The van der Waals surface area contributed by atoms with Crippen molar-refractivity contribution in [2.45, 2.75) is 51.7 Å².